The Hall–Kier alpha value is -4.31. The quantitative estimate of drug-likeness (QED) is 0.181. The van der Waals surface area contributed by atoms with E-state index in [0.29, 0.717) is 49.4 Å². The molecule has 0 radical (unpaired) electrons. The monoisotopic (exact) mass is 628 g/mol. The molecule has 2 amide bonds. The SMILES string of the molecule is CCCCN(CCCC)C(=O)[C@@H]1CC[C@@H](NC(=O)c2ccc3[nH]nc(-c4ccnc(C)c4)c3c2)CN1Cc1c(F)cccc1OC. The topological polar surface area (TPSA) is 103 Å². The van der Waals surface area contributed by atoms with Gasteiger partial charge in [-0.05, 0) is 75.1 Å². The molecule has 244 valence electrons. The molecule has 0 spiro atoms. The van der Waals surface area contributed by atoms with Crippen LogP contribution >= 0.6 is 0 Å². The van der Waals surface area contributed by atoms with Gasteiger partial charge in [0.25, 0.3) is 5.91 Å². The van der Waals surface area contributed by atoms with Gasteiger partial charge in [-0.2, -0.15) is 5.10 Å². The first kappa shape index (κ1) is 33.1. The molecule has 1 aliphatic heterocycles. The van der Waals surface area contributed by atoms with E-state index >= 15 is 4.39 Å². The molecule has 4 aromatic rings. The van der Waals surface area contributed by atoms with Crippen LogP contribution in [0, 0.1) is 12.7 Å². The summed E-state index contributed by atoms with van der Waals surface area (Å²) in [6.07, 6.45) is 6.81. The fourth-order valence-electron chi connectivity index (χ4n) is 6.28. The molecule has 1 aliphatic rings. The number of nitrogens with zero attached hydrogens (tertiary/aromatic N) is 4. The summed E-state index contributed by atoms with van der Waals surface area (Å²) in [6, 6.07) is 13.5. The minimum Gasteiger partial charge on any atom is -0.496 e. The lowest BCUT2D eigenvalue weighted by molar-refractivity contribution is -0.139. The van der Waals surface area contributed by atoms with Crippen molar-refractivity contribution in [2.75, 3.05) is 26.7 Å². The van der Waals surface area contributed by atoms with Gasteiger partial charge in [0.05, 0.1) is 18.7 Å². The van der Waals surface area contributed by atoms with Gasteiger partial charge < -0.3 is 15.0 Å². The molecule has 2 N–H and O–H groups in total. The van der Waals surface area contributed by atoms with E-state index in [1.807, 2.05) is 41.0 Å². The van der Waals surface area contributed by atoms with Gasteiger partial charge in [-0.3, -0.25) is 24.6 Å². The number of carbonyl (C=O) groups excluding carboxylic acids is 2. The molecule has 2 aromatic carbocycles. The molecule has 1 saturated heterocycles. The number of fused-ring (bicyclic) bond motifs is 1. The van der Waals surface area contributed by atoms with Crippen molar-refractivity contribution in [3.05, 3.63) is 77.4 Å². The van der Waals surface area contributed by atoms with E-state index in [4.69, 9.17) is 4.74 Å². The molecule has 1 fully saturated rings. The molecule has 0 aliphatic carbocycles. The Balaban J connectivity index is 1.38. The average Bonchev–Trinajstić information content (AvgIpc) is 3.49. The van der Waals surface area contributed by atoms with Gasteiger partial charge in [0.1, 0.15) is 17.3 Å². The lowest BCUT2D eigenvalue weighted by Gasteiger charge is -2.41. The summed E-state index contributed by atoms with van der Waals surface area (Å²) in [5, 5.41) is 11.6. The summed E-state index contributed by atoms with van der Waals surface area (Å²) in [5.74, 6) is -0.0594. The first-order valence-corrected chi connectivity index (χ1v) is 16.4. The predicted molar refractivity (Wildman–Crippen MR) is 178 cm³/mol. The summed E-state index contributed by atoms with van der Waals surface area (Å²) in [5.41, 5.74) is 4.33. The van der Waals surface area contributed by atoms with E-state index in [-0.39, 0.29) is 30.2 Å². The van der Waals surface area contributed by atoms with E-state index in [1.54, 1.807) is 24.4 Å². The number of methoxy groups -OCH3 is 1. The van der Waals surface area contributed by atoms with Crippen molar-refractivity contribution in [3.63, 3.8) is 0 Å². The number of unbranched alkanes of at least 4 members (excludes halogenated alkanes) is 2. The maximum Gasteiger partial charge on any atom is 0.251 e. The Morgan fingerprint density at radius 2 is 1.87 bits per heavy atom. The highest BCUT2D eigenvalue weighted by Crippen LogP contribution is 2.30. The fraction of sp³-hybridized carbons (Fsp3) is 0.444. The molecule has 0 saturated carbocycles. The number of piperidine rings is 1. The van der Waals surface area contributed by atoms with Crippen LogP contribution in [0.25, 0.3) is 22.2 Å². The Morgan fingerprint density at radius 1 is 1.09 bits per heavy atom. The van der Waals surface area contributed by atoms with Crippen molar-refractivity contribution in [2.24, 2.45) is 0 Å². The van der Waals surface area contributed by atoms with Crippen LogP contribution in [-0.2, 0) is 11.3 Å². The second-order valence-electron chi connectivity index (χ2n) is 12.2. The molecule has 2 atom stereocenters. The first-order valence-electron chi connectivity index (χ1n) is 16.4. The molecule has 2 aromatic heterocycles. The molecule has 46 heavy (non-hydrogen) atoms. The van der Waals surface area contributed by atoms with Crippen LogP contribution in [0.1, 0.15) is 74.0 Å². The minimum absolute atomic E-state index is 0.0753. The van der Waals surface area contributed by atoms with E-state index < -0.39 is 6.04 Å². The third-order valence-electron chi connectivity index (χ3n) is 8.83. The van der Waals surface area contributed by atoms with Crippen LogP contribution in [0.4, 0.5) is 4.39 Å². The Morgan fingerprint density at radius 3 is 2.59 bits per heavy atom. The summed E-state index contributed by atoms with van der Waals surface area (Å²) >= 11 is 0. The highest BCUT2D eigenvalue weighted by Gasteiger charge is 2.36. The zero-order valence-corrected chi connectivity index (χ0v) is 27.3. The van der Waals surface area contributed by atoms with Gasteiger partial charge in [-0.25, -0.2) is 4.39 Å². The van der Waals surface area contributed by atoms with Crippen molar-refractivity contribution in [1.82, 2.24) is 30.3 Å². The highest BCUT2D eigenvalue weighted by atomic mass is 19.1. The highest BCUT2D eigenvalue weighted by molar-refractivity contribution is 6.01. The van der Waals surface area contributed by atoms with Crippen LogP contribution in [0.2, 0.25) is 0 Å². The van der Waals surface area contributed by atoms with Gasteiger partial charge in [-0.15, -0.1) is 0 Å². The van der Waals surface area contributed by atoms with Gasteiger partial charge in [0, 0.05) is 66.2 Å². The summed E-state index contributed by atoms with van der Waals surface area (Å²) in [7, 11) is 1.52. The molecular formula is C36H45FN6O3. The van der Waals surface area contributed by atoms with Crippen LogP contribution in [0.5, 0.6) is 5.75 Å². The van der Waals surface area contributed by atoms with E-state index in [9.17, 15) is 9.59 Å². The Bertz CT molecular complexity index is 1650. The van der Waals surface area contributed by atoms with Crippen molar-refractivity contribution < 1.29 is 18.7 Å². The number of ether oxygens (including phenoxy) is 1. The van der Waals surface area contributed by atoms with Crippen molar-refractivity contribution >= 4 is 22.7 Å². The second kappa shape index (κ2) is 15.3. The van der Waals surface area contributed by atoms with Gasteiger partial charge in [0.2, 0.25) is 5.91 Å². The number of H-pyrrole nitrogens is 1. The molecule has 0 unspecified atom stereocenters. The summed E-state index contributed by atoms with van der Waals surface area (Å²) in [4.78, 5) is 35.9. The maximum atomic E-state index is 15.1. The number of aryl methyl sites for hydroxylation is 1. The zero-order chi connectivity index (χ0) is 32.6. The minimum atomic E-state index is -0.417. The van der Waals surface area contributed by atoms with Crippen molar-refractivity contribution in [3.8, 4) is 17.0 Å². The summed E-state index contributed by atoms with van der Waals surface area (Å²) < 4.78 is 20.6. The maximum absolute atomic E-state index is 15.1. The van der Waals surface area contributed by atoms with E-state index in [0.717, 1.165) is 53.5 Å². The normalized spacial score (nSPS) is 16.8. The molecule has 10 heteroatoms. The number of amides is 2. The Labute approximate surface area is 270 Å². The largest absolute Gasteiger partial charge is 0.496 e. The van der Waals surface area contributed by atoms with Crippen molar-refractivity contribution in [2.45, 2.75) is 77.9 Å². The van der Waals surface area contributed by atoms with Gasteiger partial charge >= 0.3 is 0 Å². The van der Waals surface area contributed by atoms with E-state index in [1.165, 1.54) is 13.2 Å². The number of nitrogens with one attached hydrogen (secondary N) is 2. The number of aromatic amines is 1. The van der Waals surface area contributed by atoms with Crippen LogP contribution < -0.4 is 10.1 Å². The van der Waals surface area contributed by atoms with Crippen molar-refractivity contribution in [1.29, 1.82) is 0 Å². The van der Waals surface area contributed by atoms with Gasteiger partial charge in [-0.1, -0.05) is 32.8 Å². The number of benzene rings is 2. The predicted octanol–water partition coefficient (Wildman–Crippen LogP) is 6.27. The Kier molecular flexibility index (Phi) is 11.0. The third-order valence-corrected chi connectivity index (χ3v) is 8.83. The molecular weight excluding hydrogens is 583 g/mol. The second-order valence-corrected chi connectivity index (χ2v) is 12.2. The number of hydrogen-bond donors (Lipinski definition) is 2. The number of aromatic nitrogens is 3. The van der Waals surface area contributed by atoms with Crippen LogP contribution in [-0.4, -0.2) is 75.6 Å². The number of halogens is 1. The standard InChI is InChI=1S/C36H45FN6O3/c1-5-7-18-42(19-8-6-2)36(45)32-15-13-27(22-43(32)23-29-30(37)10-9-11-33(29)46-4)39-35(44)26-12-14-31-28(21-26)34(41-40-31)25-16-17-38-24(3)20-25/h9-12,14,16-17,20-21,27,32H,5-8,13,15,18-19,22-23H2,1-4H3,(H,39,44)(H,40,41)/t27-,32+/m1/s1. The molecule has 3 heterocycles. The third kappa shape index (κ3) is 7.55. The average molecular weight is 629 g/mol. The molecule has 9 nitrogen and oxygen atoms in total. The number of carbonyl (C=O) groups is 2. The zero-order valence-electron chi connectivity index (χ0n) is 27.3. The lowest BCUT2D eigenvalue weighted by Crippen LogP contribution is -2.57. The fourth-order valence-corrected chi connectivity index (χ4v) is 6.28. The molecule has 5 rings (SSSR count). The van der Waals surface area contributed by atoms with Gasteiger partial charge in [0.15, 0.2) is 0 Å². The molecule has 0 bridgehead atoms. The number of likely N-dealkylation sites (tertiary alicyclic amines) is 1. The summed E-state index contributed by atoms with van der Waals surface area (Å²) in [6.45, 7) is 8.20. The number of rotatable bonds is 13. The lowest BCUT2D eigenvalue weighted by atomic mass is 9.95. The van der Waals surface area contributed by atoms with E-state index in [2.05, 4.69) is 34.3 Å². The van der Waals surface area contributed by atoms with Crippen LogP contribution in [0.3, 0.4) is 0 Å². The number of hydrogen-bond acceptors (Lipinski definition) is 6. The first-order chi connectivity index (χ1) is 22.3. The number of pyridine rings is 1. The smallest absolute Gasteiger partial charge is 0.251 e. The van der Waals surface area contributed by atoms with Crippen LogP contribution in [0.15, 0.2) is 54.7 Å².